The third kappa shape index (κ3) is 6.46. The van der Waals surface area contributed by atoms with Crippen molar-refractivity contribution >= 4 is 29.7 Å². The van der Waals surface area contributed by atoms with E-state index in [1.807, 2.05) is 37.3 Å². The summed E-state index contributed by atoms with van der Waals surface area (Å²) in [4.78, 5) is 35.6. The van der Waals surface area contributed by atoms with E-state index < -0.39 is 35.0 Å². The fraction of sp³-hybridized carbons (Fsp3) is 0.609. The Balaban J connectivity index is 2.36. The molecule has 31 heavy (non-hydrogen) atoms. The summed E-state index contributed by atoms with van der Waals surface area (Å²) in [6, 6.07) is 9.55. The van der Waals surface area contributed by atoms with Crippen molar-refractivity contribution in [1.29, 1.82) is 0 Å². The van der Waals surface area contributed by atoms with Gasteiger partial charge in [0.25, 0.3) is 0 Å². The Morgan fingerprint density at radius 3 is 2.35 bits per heavy atom. The zero-order chi connectivity index (χ0) is 23.2. The van der Waals surface area contributed by atoms with Crippen molar-refractivity contribution < 1.29 is 33.3 Å². The minimum Gasteiger partial charge on any atom is -0.466 e. The highest BCUT2D eigenvalue weighted by molar-refractivity contribution is 8.01. The van der Waals surface area contributed by atoms with Crippen LogP contribution in [-0.2, 0) is 33.3 Å². The number of methoxy groups -OCH3 is 1. The van der Waals surface area contributed by atoms with Gasteiger partial charge in [0.2, 0.25) is 4.93 Å². The molecule has 1 aromatic carbocycles. The molecule has 1 aliphatic heterocycles. The minimum atomic E-state index is -1.23. The van der Waals surface area contributed by atoms with E-state index in [2.05, 4.69) is 13.8 Å². The van der Waals surface area contributed by atoms with Gasteiger partial charge in [-0.05, 0) is 24.0 Å². The van der Waals surface area contributed by atoms with Gasteiger partial charge in [-0.25, -0.2) is 4.79 Å². The summed E-state index contributed by atoms with van der Waals surface area (Å²) in [7, 11) is 1.35. The molecule has 0 radical (unpaired) electrons. The summed E-state index contributed by atoms with van der Waals surface area (Å²) in [6.07, 6.45) is -0.651. The smallest absolute Gasteiger partial charge is 0.349 e. The van der Waals surface area contributed by atoms with Crippen LogP contribution in [0.1, 0.15) is 41.0 Å². The van der Waals surface area contributed by atoms with Gasteiger partial charge in [-0.3, -0.25) is 9.59 Å². The molecule has 1 fully saturated rings. The first-order chi connectivity index (χ1) is 14.6. The predicted molar refractivity (Wildman–Crippen MR) is 116 cm³/mol. The Morgan fingerprint density at radius 2 is 1.81 bits per heavy atom. The van der Waals surface area contributed by atoms with E-state index in [0.29, 0.717) is 6.42 Å². The first kappa shape index (κ1) is 25.2. The second-order valence-electron chi connectivity index (χ2n) is 8.09. The number of ether oxygens (including phenoxy) is 4. The van der Waals surface area contributed by atoms with E-state index in [1.54, 1.807) is 0 Å². The summed E-state index contributed by atoms with van der Waals surface area (Å²) in [6.45, 7) is 8.54. The molecular formula is C23H32O7S. The summed E-state index contributed by atoms with van der Waals surface area (Å²) in [5.74, 6) is -1.53. The van der Waals surface area contributed by atoms with Crippen molar-refractivity contribution in [2.24, 2.45) is 17.8 Å². The Kier molecular flexibility index (Phi) is 8.94. The van der Waals surface area contributed by atoms with Gasteiger partial charge in [-0.2, -0.15) is 0 Å². The third-order valence-electron chi connectivity index (χ3n) is 5.73. The number of thioether (sulfide) groups is 1. The summed E-state index contributed by atoms with van der Waals surface area (Å²) in [5, 5.41) is 0. The molecule has 1 aromatic rings. The molecule has 2 rings (SSSR count). The number of rotatable bonds is 8. The van der Waals surface area contributed by atoms with Gasteiger partial charge in [-0.1, -0.05) is 50.7 Å². The fourth-order valence-electron chi connectivity index (χ4n) is 3.89. The van der Waals surface area contributed by atoms with Crippen LogP contribution >= 0.6 is 11.8 Å². The second-order valence-corrected chi connectivity index (χ2v) is 9.43. The normalized spacial score (nSPS) is 27.6. The van der Waals surface area contributed by atoms with Crippen LogP contribution in [0.25, 0.3) is 0 Å². The molecule has 0 aliphatic carbocycles. The molecule has 0 bridgehead atoms. The fourth-order valence-corrected chi connectivity index (χ4v) is 5.23. The molecule has 0 amide bonds. The van der Waals surface area contributed by atoms with Crippen LogP contribution in [0.5, 0.6) is 0 Å². The lowest BCUT2D eigenvalue weighted by Crippen LogP contribution is -2.55. The van der Waals surface area contributed by atoms with Gasteiger partial charge in [0.1, 0.15) is 12.7 Å². The zero-order valence-electron chi connectivity index (χ0n) is 19.0. The minimum absolute atomic E-state index is 0.0690. The molecule has 7 nitrogen and oxygen atoms in total. The molecule has 0 saturated carbocycles. The highest BCUT2D eigenvalue weighted by Gasteiger charge is 2.53. The molecule has 0 spiro atoms. The number of carbonyl (C=O) groups is 3. The molecule has 1 saturated heterocycles. The topological polar surface area (TPSA) is 88.1 Å². The van der Waals surface area contributed by atoms with Crippen molar-refractivity contribution in [2.45, 2.75) is 63.1 Å². The Morgan fingerprint density at radius 1 is 1.16 bits per heavy atom. The summed E-state index contributed by atoms with van der Waals surface area (Å²) < 4.78 is 22.2. The van der Waals surface area contributed by atoms with Crippen LogP contribution in [0.3, 0.4) is 0 Å². The zero-order valence-corrected chi connectivity index (χ0v) is 19.8. The average Bonchev–Trinajstić information content (AvgIpc) is 2.72. The number of hydrogen-bond donors (Lipinski definition) is 0. The molecule has 0 N–H and O–H groups in total. The predicted octanol–water partition coefficient (Wildman–Crippen LogP) is 3.84. The monoisotopic (exact) mass is 452 g/mol. The highest BCUT2D eigenvalue weighted by atomic mass is 32.2. The van der Waals surface area contributed by atoms with Crippen LogP contribution in [0.15, 0.2) is 35.2 Å². The number of benzene rings is 1. The first-order valence-electron chi connectivity index (χ1n) is 10.4. The maximum atomic E-state index is 13.0. The van der Waals surface area contributed by atoms with Gasteiger partial charge in [-0.15, -0.1) is 0 Å². The molecule has 6 atom stereocenters. The van der Waals surface area contributed by atoms with Gasteiger partial charge < -0.3 is 18.9 Å². The Labute approximate surface area is 188 Å². The lowest BCUT2D eigenvalue weighted by molar-refractivity contribution is -0.197. The van der Waals surface area contributed by atoms with Crippen LogP contribution in [0, 0.1) is 17.8 Å². The van der Waals surface area contributed by atoms with Crippen LogP contribution in [0.4, 0.5) is 0 Å². The second kappa shape index (κ2) is 11.0. The lowest BCUT2D eigenvalue weighted by Gasteiger charge is -2.47. The molecular weight excluding hydrogens is 420 g/mol. The van der Waals surface area contributed by atoms with E-state index in [9.17, 15) is 14.4 Å². The first-order valence-corrected chi connectivity index (χ1v) is 11.2. The average molecular weight is 453 g/mol. The van der Waals surface area contributed by atoms with Gasteiger partial charge >= 0.3 is 17.9 Å². The quantitative estimate of drug-likeness (QED) is 0.434. The summed E-state index contributed by atoms with van der Waals surface area (Å²) in [5.41, 5.74) is 0. The van der Waals surface area contributed by atoms with E-state index >= 15 is 0 Å². The molecule has 172 valence electrons. The van der Waals surface area contributed by atoms with Crippen molar-refractivity contribution in [3.63, 3.8) is 0 Å². The molecule has 2 unspecified atom stereocenters. The largest absolute Gasteiger partial charge is 0.466 e. The van der Waals surface area contributed by atoms with Gasteiger partial charge in [0.15, 0.2) is 0 Å². The van der Waals surface area contributed by atoms with Crippen LogP contribution in [0.2, 0.25) is 0 Å². The van der Waals surface area contributed by atoms with Crippen molar-refractivity contribution in [1.82, 2.24) is 0 Å². The van der Waals surface area contributed by atoms with Crippen molar-refractivity contribution in [3.8, 4) is 0 Å². The maximum absolute atomic E-state index is 13.0. The molecule has 8 heteroatoms. The van der Waals surface area contributed by atoms with Crippen LogP contribution in [-0.4, -0.2) is 48.8 Å². The Hall–Kier alpha value is -2.06. The van der Waals surface area contributed by atoms with E-state index in [4.69, 9.17) is 18.9 Å². The summed E-state index contributed by atoms with van der Waals surface area (Å²) >= 11 is 1.33. The number of esters is 3. The Bertz CT molecular complexity index is 768. The van der Waals surface area contributed by atoms with E-state index in [0.717, 1.165) is 4.90 Å². The molecule has 1 aliphatic rings. The van der Waals surface area contributed by atoms with E-state index in [-0.39, 0.29) is 24.4 Å². The lowest BCUT2D eigenvalue weighted by atomic mass is 9.77. The number of hydrogen-bond acceptors (Lipinski definition) is 8. The highest BCUT2D eigenvalue weighted by Crippen LogP contribution is 2.49. The van der Waals surface area contributed by atoms with Crippen molar-refractivity contribution in [2.75, 3.05) is 13.7 Å². The van der Waals surface area contributed by atoms with E-state index in [1.165, 1.54) is 32.7 Å². The molecule has 0 aromatic heterocycles. The third-order valence-corrected chi connectivity index (χ3v) is 7.00. The maximum Gasteiger partial charge on any atom is 0.349 e. The molecule has 1 heterocycles. The van der Waals surface area contributed by atoms with Gasteiger partial charge in [0.05, 0.1) is 13.2 Å². The van der Waals surface area contributed by atoms with Gasteiger partial charge in [0, 0.05) is 31.1 Å². The standard InChI is InChI=1S/C23H32O7S/c1-14-12-23(22(26)27-6,31-19-10-8-7-9-11-19)30-21(15(14)2)16(3)20(29-18(5)25)13-28-17(4)24/h7-11,14-16,20-21H,12-13H2,1-6H3/t14?,15-,16+,20-,21+,23?/m0/s1. The SMILES string of the molecule is COC(=O)C1(Sc2ccccc2)CC(C)[C@H](C)[C@H]([C@H](C)[C@H](COC(C)=O)OC(C)=O)O1. The number of carbonyl (C=O) groups excluding carboxylic acids is 3. The van der Waals surface area contributed by atoms with Crippen LogP contribution < -0.4 is 0 Å². The van der Waals surface area contributed by atoms with Crippen molar-refractivity contribution in [3.05, 3.63) is 30.3 Å².